The molecule has 0 saturated carbocycles. The molecule has 0 aliphatic rings. The van der Waals surface area contributed by atoms with Crippen LogP contribution in [0.3, 0.4) is 0 Å². The van der Waals surface area contributed by atoms with Gasteiger partial charge in [0.1, 0.15) is 0 Å². The van der Waals surface area contributed by atoms with E-state index >= 15 is 0 Å². The summed E-state index contributed by atoms with van der Waals surface area (Å²) in [5.74, 6) is -0.288. The minimum absolute atomic E-state index is 0.00204. The van der Waals surface area contributed by atoms with Crippen LogP contribution >= 0.6 is 23.2 Å². The van der Waals surface area contributed by atoms with E-state index in [0.717, 1.165) is 0 Å². The highest BCUT2D eigenvalue weighted by Gasteiger charge is 2.14. The maximum absolute atomic E-state index is 11.8. The van der Waals surface area contributed by atoms with E-state index in [1.165, 1.54) is 12.1 Å². The molecular formula is C7H5Cl2F2NO. The summed E-state index contributed by atoms with van der Waals surface area (Å²) in [6.07, 6.45) is 0. The first kappa shape index (κ1) is 10.3. The number of nitrogens with two attached hydrogens (primary N) is 1. The minimum atomic E-state index is -2.97. The van der Waals surface area contributed by atoms with Gasteiger partial charge < -0.3 is 10.5 Å². The van der Waals surface area contributed by atoms with Gasteiger partial charge in [0.25, 0.3) is 0 Å². The van der Waals surface area contributed by atoms with E-state index in [0.29, 0.717) is 0 Å². The SMILES string of the molecule is Nc1c(Cl)ccc(Cl)c1OC(F)F. The van der Waals surface area contributed by atoms with Gasteiger partial charge in [-0.15, -0.1) is 0 Å². The smallest absolute Gasteiger partial charge is 0.387 e. The highest BCUT2D eigenvalue weighted by Crippen LogP contribution is 2.36. The fraction of sp³-hybridized carbons (Fsp3) is 0.143. The number of anilines is 1. The molecule has 2 nitrogen and oxygen atoms in total. The lowest BCUT2D eigenvalue weighted by atomic mass is 10.3. The monoisotopic (exact) mass is 227 g/mol. The second-order valence-corrected chi connectivity index (χ2v) is 2.96. The summed E-state index contributed by atoms with van der Waals surface area (Å²) in [6.45, 7) is -2.97. The van der Waals surface area contributed by atoms with Gasteiger partial charge in [-0.3, -0.25) is 0 Å². The molecule has 72 valence electrons. The molecule has 0 radical (unpaired) electrons. The van der Waals surface area contributed by atoms with E-state index in [1.807, 2.05) is 0 Å². The number of hydrogen-bond donors (Lipinski definition) is 1. The zero-order valence-corrected chi connectivity index (χ0v) is 7.74. The van der Waals surface area contributed by atoms with Crippen molar-refractivity contribution in [3.05, 3.63) is 22.2 Å². The molecule has 0 aromatic heterocycles. The summed E-state index contributed by atoms with van der Waals surface area (Å²) in [7, 11) is 0. The topological polar surface area (TPSA) is 35.2 Å². The van der Waals surface area contributed by atoms with E-state index in [9.17, 15) is 8.78 Å². The summed E-state index contributed by atoms with van der Waals surface area (Å²) in [5.41, 5.74) is 5.27. The molecule has 13 heavy (non-hydrogen) atoms. The summed E-state index contributed by atoms with van der Waals surface area (Å²) in [6, 6.07) is 2.73. The molecule has 2 N–H and O–H groups in total. The van der Waals surface area contributed by atoms with Crippen LogP contribution in [0.4, 0.5) is 14.5 Å². The third-order valence-corrected chi connectivity index (χ3v) is 1.93. The molecule has 0 spiro atoms. The Hall–Kier alpha value is -0.740. The van der Waals surface area contributed by atoms with Gasteiger partial charge in [-0.2, -0.15) is 8.78 Å². The summed E-state index contributed by atoms with van der Waals surface area (Å²) >= 11 is 11.1. The highest BCUT2D eigenvalue weighted by molar-refractivity contribution is 6.36. The van der Waals surface area contributed by atoms with Gasteiger partial charge in [-0.25, -0.2) is 0 Å². The number of benzene rings is 1. The van der Waals surface area contributed by atoms with Gasteiger partial charge in [-0.1, -0.05) is 23.2 Å². The van der Waals surface area contributed by atoms with E-state index in [1.54, 1.807) is 0 Å². The average molecular weight is 228 g/mol. The summed E-state index contributed by atoms with van der Waals surface area (Å²) in [5, 5.41) is 0.127. The molecule has 0 fully saturated rings. The lowest BCUT2D eigenvalue weighted by Gasteiger charge is -2.09. The van der Waals surface area contributed by atoms with Gasteiger partial charge in [0.05, 0.1) is 15.7 Å². The lowest BCUT2D eigenvalue weighted by Crippen LogP contribution is -2.05. The van der Waals surface area contributed by atoms with Crippen LogP contribution in [0.5, 0.6) is 5.75 Å². The van der Waals surface area contributed by atoms with Gasteiger partial charge in [0, 0.05) is 0 Å². The van der Waals surface area contributed by atoms with Gasteiger partial charge in [0.2, 0.25) is 0 Å². The molecule has 0 saturated heterocycles. The fourth-order valence-electron chi connectivity index (χ4n) is 0.758. The van der Waals surface area contributed by atoms with Crippen molar-refractivity contribution < 1.29 is 13.5 Å². The second kappa shape index (κ2) is 3.98. The molecular weight excluding hydrogens is 223 g/mol. The van der Waals surface area contributed by atoms with Crippen molar-refractivity contribution in [2.45, 2.75) is 6.61 Å². The zero-order chi connectivity index (χ0) is 10.0. The van der Waals surface area contributed by atoms with E-state index in [4.69, 9.17) is 28.9 Å². The Labute approximate surface area is 83.2 Å². The van der Waals surface area contributed by atoms with Crippen LogP contribution in [0, 0.1) is 0 Å². The quantitative estimate of drug-likeness (QED) is 0.789. The molecule has 6 heteroatoms. The van der Waals surface area contributed by atoms with Crippen LogP contribution in [-0.4, -0.2) is 6.61 Å². The first-order valence-electron chi connectivity index (χ1n) is 3.20. The number of nitrogen functional groups attached to an aromatic ring is 1. The Balaban J connectivity index is 3.10. The molecule has 0 heterocycles. The molecule has 0 amide bonds. The third-order valence-electron chi connectivity index (χ3n) is 1.30. The van der Waals surface area contributed by atoms with E-state index in [-0.39, 0.29) is 21.5 Å². The molecule has 0 unspecified atom stereocenters. The lowest BCUT2D eigenvalue weighted by molar-refractivity contribution is -0.0492. The Morgan fingerprint density at radius 3 is 2.31 bits per heavy atom. The maximum atomic E-state index is 11.8. The molecule has 0 aliphatic carbocycles. The predicted molar refractivity (Wildman–Crippen MR) is 47.5 cm³/mol. The molecule has 1 rings (SSSR count). The van der Waals surface area contributed by atoms with Crippen molar-refractivity contribution in [2.24, 2.45) is 0 Å². The fourth-order valence-corrected chi connectivity index (χ4v) is 1.12. The van der Waals surface area contributed by atoms with Crippen LogP contribution in [-0.2, 0) is 0 Å². The van der Waals surface area contributed by atoms with Gasteiger partial charge >= 0.3 is 6.61 Å². The molecule has 1 aromatic rings. The zero-order valence-electron chi connectivity index (χ0n) is 6.23. The van der Waals surface area contributed by atoms with E-state index < -0.39 is 6.61 Å². The Morgan fingerprint density at radius 2 is 1.77 bits per heavy atom. The molecule has 0 aliphatic heterocycles. The average Bonchev–Trinajstić information content (AvgIpc) is 2.05. The highest BCUT2D eigenvalue weighted by atomic mass is 35.5. The van der Waals surface area contributed by atoms with Crippen molar-refractivity contribution in [1.29, 1.82) is 0 Å². The van der Waals surface area contributed by atoms with Crippen molar-refractivity contribution in [3.63, 3.8) is 0 Å². The first-order chi connectivity index (χ1) is 6.02. The van der Waals surface area contributed by atoms with Crippen molar-refractivity contribution in [3.8, 4) is 5.75 Å². The van der Waals surface area contributed by atoms with E-state index in [2.05, 4.69) is 4.74 Å². The molecule has 0 bridgehead atoms. The summed E-state index contributed by atoms with van der Waals surface area (Å²) in [4.78, 5) is 0. The largest absolute Gasteiger partial charge is 0.431 e. The van der Waals surface area contributed by atoms with Crippen molar-refractivity contribution in [1.82, 2.24) is 0 Å². The maximum Gasteiger partial charge on any atom is 0.387 e. The number of hydrogen-bond acceptors (Lipinski definition) is 2. The van der Waals surface area contributed by atoms with Gasteiger partial charge in [-0.05, 0) is 12.1 Å². The number of ether oxygens (including phenoxy) is 1. The normalized spacial score (nSPS) is 10.5. The van der Waals surface area contributed by atoms with Crippen molar-refractivity contribution in [2.75, 3.05) is 5.73 Å². The van der Waals surface area contributed by atoms with Crippen molar-refractivity contribution >= 4 is 28.9 Å². The van der Waals surface area contributed by atoms with Crippen LogP contribution < -0.4 is 10.5 Å². The van der Waals surface area contributed by atoms with Gasteiger partial charge in [0.15, 0.2) is 5.75 Å². The number of rotatable bonds is 2. The first-order valence-corrected chi connectivity index (χ1v) is 3.96. The number of alkyl halides is 2. The third kappa shape index (κ3) is 2.35. The Kier molecular flexibility index (Phi) is 3.17. The predicted octanol–water partition coefficient (Wildman–Crippen LogP) is 3.18. The second-order valence-electron chi connectivity index (χ2n) is 2.15. The number of halogens is 4. The van der Waals surface area contributed by atoms with Crippen LogP contribution in [0.2, 0.25) is 10.0 Å². The van der Waals surface area contributed by atoms with Crippen LogP contribution in [0.1, 0.15) is 0 Å². The standard InChI is InChI=1S/C7H5Cl2F2NO/c8-3-1-2-4(9)6(5(3)12)13-7(10)11/h1-2,7H,12H2. The van der Waals surface area contributed by atoms with Crippen LogP contribution in [0.15, 0.2) is 12.1 Å². The summed E-state index contributed by atoms with van der Waals surface area (Å²) < 4.78 is 27.7. The van der Waals surface area contributed by atoms with Crippen LogP contribution in [0.25, 0.3) is 0 Å². The minimum Gasteiger partial charge on any atom is -0.431 e. The Morgan fingerprint density at radius 1 is 1.23 bits per heavy atom. The molecule has 1 aromatic carbocycles. The molecule has 0 atom stereocenters. The Bertz CT molecular complexity index is 320.